The molecule has 0 aromatic heterocycles. The van der Waals surface area contributed by atoms with Gasteiger partial charge in [0.05, 0.1) is 5.92 Å². The third kappa shape index (κ3) is 1.67. The van der Waals surface area contributed by atoms with Gasteiger partial charge in [-0.05, 0) is 5.41 Å². The number of alkyl halides is 2. The largest absolute Gasteiger partial charge is 0.481 e. The molecule has 1 aliphatic rings. The number of carbonyl (C=O) groups is 2. The van der Waals surface area contributed by atoms with Gasteiger partial charge in [0, 0.05) is 5.92 Å². The molecule has 0 aromatic carbocycles. The molecule has 0 spiro atoms. The number of hydrogen-bond acceptors (Lipinski definition) is 2. The van der Waals surface area contributed by atoms with Crippen molar-refractivity contribution >= 4 is 35.0 Å². The van der Waals surface area contributed by atoms with Gasteiger partial charge in [0.15, 0.2) is 10.6 Å². The Morgan fingerprint density at radius 3 is 2.00 bits per heavy atom. The van der Waals surface area contributed by atoms with E-state index in [-0.39, 0.29) is 5.78 Å². The number of carbonyl (C=O) groups excluding carboxylic acids is 1. The molecule has 2 atom stereocenters. The summed E-state index contributed by atoms with van der Waals surface area (Å²) in [6.07, 6.45) is 0. The minimum Gasteiger partial charge on any atom is -0.481 e. The van der Waals surface area contributed by atoms with Crippen LogP contribution < -0.4 is 0 Å². The minimum absolute atomic E-state index is 0.388. The lowest BCUT2D eigenvalue weighted by atomic mass is 10.1. The smallest absolute Gasteiger partial charge is 0.307 e. The lowest BCUT2D eigenvalue weighted by Gasteiger charge is -2.00. The van der Waals surface area contributed by atoms with Crippen LogP contribution in [0.3, 0.4) is 0 Å². The number of carboxylic acid groups (broad SMARTS) is 1. The third-order valence-corrected chi connectivity index (χ3v) is 3.05. The second kappa shape index (κ2) is 3.14. The Bertz CT molecular complexity index is 260. The molecule has 0 amide bonds. The van der Waals surface area contributed by atoms with Crippen molar-refractivity contribution in [3.8, 4) is 0 Å². The highest BCUT2D eigenvalue weighted by atomic mass is 35.5. The molecule has 0 unspecified atom stereocenters. The van der Waals surface area contributed by atoms with Gasteiger partial charge >= 0.3 is 5.97 Å². The van der Waals surface area contributed by atoms with Crippen LogP contribution in [0.1, 0.15) is 13.8 Å². The number of Topliss-reactive ketones (excluding diaryl/α,β-unsaturated/α-hetero) is 1. The van der Waals surface area contributed by atoms with Crippen molar-refractivity contribution in [1.82, 2.24) is 0 Å². The number of rotatable bonds is 3. The van der Waals surface area contributed by atoms with Crippen molar-refractivity contribution in [3.05, 3.63) is 0 Å². The first kappa shape index (κ1) is 10.8. The minimum atomic E-state index is -1.12. The summed E-state index contributed by atoms with van der Waals surface area (Å²) in [6.45, 7) is 3.45. The fourth-order valence-electron chi connectivity index (χ4n) is 1.77. The van der Waals surface area contributed by atoms with E-state index < -0.39 is 28.1 Å². The molecule has 0 aliphatic heterocycles. The third-order valence-electron chi connectivity index (χ3n) is 2.62. The van der Waals surface area contributed by atoms with E-state index >= 15 is 0 Å². The van der Waals surface area contributed by atoms with E-state index in [2.05, 4.69) is 0 Å². The van der Waals surface area contributed by atoms with Crippen molar-refractivity contribution < 1.29 is 14.7 Å². The van der Waals surface area contributed by atoms with Gasteiger partial charge in [-0.25, -0.2) is 0 Å². The predicted molar refractivity (Wildman–Crippen MR) is 48.9 cm³/mol. The van der Waals surface area contributed by atoms with Crippen molar-refractivity contribution in [2.45, 2.75) is 18.7 Å². The summed E-state index contributed by atoms with van der Waals surface area (Å²) in [4.78, 5) is 20.9. The highest BCUT2D eigenvalue weighted by molar-refractivity contribution is 6.54. The summed E-state index contributed by atoms with van der Waals surface area (Å²) in [5, 5.41) is 8.75. The molecule has 1 aliphatic carbocycles. The van der Waals surface area contributed by atoms with Crippen LogP contribution in [0.2, 0.25) is 0 Å². The summed E-state index contributed by atoms with van der Waals surface area (Å²) in [6, 6.07) is 0. The van der Waals surface area contributed by atoms with Gasteiger partial charge in [0.2, 0.25) is 0 Å². The number of carboxylic acids is 1. The van der Waals surface area contributed by atoms with Crippen LogP contribution in [-0.2, 0) is 9.59 Å². The number of ketones is 1. The van der Waals surface area contributed by atoms with Gasteiger partial charge in [-0.1, -0.05) is 37.0 Å². The maximum atomic E-state index is 11.3. The van der Waals surface area contributed by atoms with E-state index in [1.165, 1.54) is 0 Å². The first-order valence-electron chi connectivity index (χ1n) is 3.84. The van der Waals surface area contributed by atoms with Crippen LogP contribution in [-0.4, -0.2) is 21.7 Å². The topological polar surface area (TPSA) is 54.4 Å². The van der Waals surface area contributed by atoms with Crippen molar-refractivity contribution in [1.29, 1.82) is 0 Å². The Labute approximate surface area is 86.0 Å². The predicted octanol–water partition coefficient (Wildman–Crippen LogP) is 1.72. The second-order valence-electron chi connectivity index (χ2n) is 3.82. The van der Waals surface area contributed by atoms with Crippen LogP contribution in [0.25, 0.3) is 0 Å². The molecular weight excluding hydrogens is 215 g/mol. The zero-order chi connectivity index (χ0) is 10.4. The maximum absolute atomic E-state index is 11.3. The standard InChI is InChI=1S/C8H10Cl2O3/c1-8(2)3(4(8)7(12)13)5(11)6(9)10/h3-4,6H,1-2H3,(H,12,13)/t3-,4-/m1/s1. The van der Waals surface area contributed by atoms with Crippen LogP contribution >= 0.6 is 23.2 Å². The van der Waals surface area contributed by atoms with Crippen molar-refractivity contribution in [2.24, 2.45) is 17.3 Å². The molecule has 3 nitrogen and oxygen atoms in total. The van der Waals surface area contributed by atoms with E-state index in [0.717, 1.165) is 0 Å². The first-order valence-corrected chi connectivity index (χ1v) is 4.72. The molecule has 0 bridgehead atoms. The molecule has 0 radical (unpaired) electrons. The van der Waals surface area contributed by atoms with E-state index in [1.54, 1.807) is 13.8 Å². The molecule has 5 heteroatoms. The Kier molecular flexibility index (Phi) is 2.61. The van der Waals surface area contributed by atoms with Gasteiger partial charge in [-0.15, -0.1) is 0 Å². The molecule has 1 fully saturated rings. The average molecular weight is 225 g/mol. The summed E-state index contributed by atoms with van der Waals surface area (Å²) < 4.78 is 0. The number of aliphatic carboxylic acids is 1. The fourth-order valence-corrected chi connectivity index (χ4v) is 2.04. The van der Waals surface area contributed by atoms with E-state index in [4.69, 9.17) is 28.3 Å². The van der Waals surface area contributed by atoms with Crippen LogP contribution in [0, 0.1) is 17.3 Å². The average Bonchev–Trinajstić information content (AvgIpc) is 2.51. The maximum Gasteiger partial charge on any atom is 0.307 e. The van der Waals surface area contributed by atoms with Crippen molar-refractivity contribution in [2.75, 3.05) is 0 Å². The Hall–Kier alpha value is -0.280. The summed E-state index contributed by atoms with van der Waals surface area (Å²) in [7, 11) is 0. The zero-order valence-corrected chi connectivity index (χ0v) is 8.76. The molecule has 13 heavy (non-hydrogen) atoms. The van der Waals surface area contributed by atoms with Crippen molar-refractivity contribution in [3.63, 3.8) is 0 Å². The highest BCUT2D eigenvalue weighted by Gasteiger charge is 2.66. The monoisotopic (exact) mass is 224 g/mol. The molecule has 0 saturated heterocycles. The normalized spacial score (nSPS) is 30.2. The molecular formula is C8H10Cl2O3. The van der Waals surface area contributed by atoms with E-state index in [9.17, 15) is 9.59 Å². The van der Waals surface area contributed by atoms with Gasteiger partial charge in [0.1, 0.15) is 0 Å². The second-order valence-corrected chi connectivity index (χ2v) is 4.91. The Morgan fingerprint density at radius 1 is 1.31 bits per heavy atom. The molecule has 1 N–H and O–H groups in total. The highest BCUT2D eigenvalue weighted by Crippen LogP contribution is 2.59. The lowest BCUT2D eigenvalue weighted by Crippen LogP contribution is -2.14. The SMILES string of the molecule is CC1(C)[C@@H](C(=O)O)[C@@H]1C(=O)C(Cl)Cl. The fraction of sp³-hybridized carbons (Fsp3) is 0.750. The summed E-state index contributed by atoms with van der Waals surface area (Å²) in [5.74, 6) is -2.52. The van der Waals surface area contributed by atoms with Crippen LogP contribution in [0.15, 0.2) is 0 Å². The molecule has 74 valence electrons. The van der Waals surface area contributed by atoms with Crippen LogP contribution in [0.4, 0.5) is 0 Å². The quantitative estimate of drug-likeness (QED) is 0.744. The Morgan fingerprint density at radius 2 is 1.77 bits per heavy atom. The Balaban J connectivity index is 2.76. The molecule has 0 heterocycles. The van der Waals surface area contributed by atoms with E-state index in [1.807, 2.05) is 0 Å². The molecule has 1 saturated carbocycles. The van der Waals surface area contributed by atoms with Gasteiger partial charge in [-0.2, -0.15) is 0 Å². The first-order chi connectivity index (χ1) is 5.80. The van der Waals surface area contributed by atoms with Gasteiger partial charge < -0.3 is 5.11 Å². The molecule has 0 aromatic rings. The van der Waals surface area contributed by atoms with E-state index in [0.29, 0.717) is 0 Å². The summed E-state index contributed by atoms with van der Waals surface area (Å²) in [5.41, 5.74) is -0.509. The molecule has 1 rings (SSSR count). The number of hydrogen-bond donors (Lipinski definition) is 1. The summed E-state index contributed by atoms with van der Waals surface area (Å²) >= 11 is 10.8. The van der Waals surface area contributed by atoms with Gasteiger partial charge in [0.25, 0.3) is 0 Å². The zero-order valence-electron chi connectivity index (χ0n) is 7.25. The number of halogens is 2. The van der Waals surface area contributed by atoms with Crippen LogP contribution in [0.5, 0.6) is 0 Å². The lowest BCUT2D eigenvalue weighted by molar-refractivity contribution is -0.140. The van der Waals surface area contributed by atoms with Gasteiger partial charge in [-0.3, -0.25) is 9.59 Å².